The Balaban J connectivity index is 2.32. The van der Waals surface area contributed by atoms with Crippen LogP contribution in [-0.4, -0.2) is 11.1 Å². The van der Waals surface area contributed by atoms with Gasteiger partial charge in [-0.3, -0.25) is 4.79 Å². The lowest BCUT2D eigenvalue weighted by Gasteiger charge is -2.13. The third-order valence-electron chi connectivity index (χ3n) is 2.95. The molecule has 0 aliphatic rings. The molecule has 0 heterocycles. The van der Waals surface area contributed by atoms with Crippen LogP contribution in [0.1, 0.15) is 16.7 Å². The zero-order valence-electron chi connectivity index (χ0n) is 11.6. The number of carboxylic acid groups (broad SMARTS) is 1. The Hall–Kier alpha value is -2.46. The van der Waals surface area contributed by atoms with Crippen LogP contribution < -0.4 is 0 Å². The monoisotopic (exact) mass is 337 g/mol. The van der Waals surface area contributed by atoms with E-state index in [4.69, 9.17) is 10.4 Å². The predicted octanol–water partition coefficient (Wildman–Crippen LogP) is 4.36. The first kappa shape index (κ1) is 16.9. The maximum Gasteiger partial charge on any atom is 0.416 e. The second-order valence-corrected chi connectivity index (χ2v) is 5.77. The molecule has 0 amide bonds. The minimum absolute atomic E-state index is 0.269. The van der Waals surface area contributed by atoms with Gasteiger partial charge in [0.25, 0.3) is 0 Å². The Morgan fingerprint density at radius 3 is 2.26 bits per heavy atom. The van der Waals surface area contributed by atoms with E-state index >= 15 is 0 Å². The van der Waals surface area contributed by atoms with Crippen LogP contribution >= 0.6 is 11.8 Å². The number of nitrogens with zero attached hydrogens (tertiary/aromatic N) is 1. The van der Waals surface area contributed by atoms with Gasteiger partial charge in [0.15, 0.2) is 0 Å². The van der Waals surface area contributed by atoms with Crippen molar-refractivity contribution in [1.29, 1.82) is 5.26 Å². The molecule has 7 heteroatoms. The molecule has 0 aromatic heterocycles. The predicted molar refractivity (Wildman–Crippen MR) is 78.1 cm³/mol. The zero-order valence-corrected chi connectivity index (χ0v) is 12.4. The molecule has 2 aromatic carbocycles. The largest absolute Gasteiger partial charge is 0.481 e. The average molecular weight is 337 g/mol. The average Bonchev–Trinajstić information content (AvgIpc) is 2.48. The molecule has 0 spiro atoms. The molecular formula is C16H10F3NO2S. The molecule has 2 rings (SSSR count). The van der Waals surface area contributed by atoms with Crippen molar-refractivity contribution in [3.05, 3.63) is 59.2 Å². The highest BCUT2D eigenvalue weighted by atomic mass is 32.2. The van der Waals surface area contributed by atoms with E-state index in [2.05, 4.69) is 0 Å². The lowest BCUT2D eigenvalue weighted by Crippen LogP contribution is -2.12. The summed E-state index contributed by atoms with van der Waals surface area (Å²) in [6.07, 6.45) is -5.30. The molecule has 1 N–H and O–H groups in total. The van der Waals surface area contributed by atoms with Gasteiger partial charge in [0.2, 0.25) is 0 Å². The van der Waals surface area contributed by atoms with Crippen molar-refractivity contribution in [1.82, 2.24) is 0 Å². The first-order valence-electron chi connectivity index (χ1n) is 6.39. The number of alkyl halides is 3. The lowest BCUT2D eigenvalue weighted by molar-refractivity contribution is -0.139. The van der Waals surface area contributed by atoms with Crippen LogP contribution in [0.25, 0.3) is 0 Å². The molecule has 0 radical (unpaired) electrons. The van der Waals surface area contributed by atoms with Crippen LogP contribution in [0.15, 0.2) is 52.3 Å². The quantitative estimate of drug-likeness (QED) is 0.901. The van der Waals surface area contributed by atoms with E-state index in [9.17, 15) is 18.0 Å². The molecule has 23 heavy (non-hydrogen) atoms. The topological polar surface area (TPSA) is 61.1 Å². The Morgan fingerprint density at radius 2 is 1.74 bits per heavy atom. The summed E-state index contributed by atoms with van der Waals surface area (Å²) in [7, 11) is 0. The van der Waals surface area contributed by atoms with Gasteiger partial charge in [-0.05, 0) is 42.0 Å². The Morgan fingerprint density at radius 1 is 1.13 bits per heavy atom. The van der Waals surface area contributed by atoms with Crippen molar-refractivity contribution in [3.8, 4) is 6.07 Å². The second kappa shape index (κ2) is 6.75. The number of hydrogen-bond acceptors (Lipinski definition) is 3. The summed E-state index contributed by atoms with van der Waals surface area (Å²) in [6.45, 7) is 0. The van der Waals surface area contributed by atoms with E-state index in [1.807, 2.05) is 6.07 Å². The fraction of sp³-hybridized carbons (Fsp3) is 0.125. The molecule has 3 nitrogen and oxygen atoms in total. The van der Waals surface area contributed by atoms with E-state index in [1.165, 1.54) is 12.1 Å². The van der Waals surface area contributed by atoms with Gasteiger partial charge >= 0.3 is 12.1 Å². The van der Waals surface area contributed by atoms with Crippen LogP contribution in [0.5, 0.6) is 0 Å². The fourth-order valence-electron chi connectivity index (χ4n) is 1.93. The molecule has 0 unspecified atom stereocenters. The van der Waals surface area contributed by atoms with E-state index in [0.717, 1.165) is 17.8 Å². The first-order chi connectivity index (χ1) is 10.8. The van der Waals surface area contributed by atoms with Gasteiger partial charge in [0, 0.05) is 9.79 Å². The van der Waals surface area contributed by atoms with Crippen LogP contribution in [0.4, 0.5) is 13.2 Å². The van der Waals surface area contributed by atoms with Crippen molar-refractivity contribution < 1.29 is 23.1 Å². The van der Waals surface area contributed by atoms with Gasteiger partial charge in [-0.15, -0.1) is 0 Å². The van der Waals surface area contributed by atoms with E-state index in [-0.39, 0.29) is 5.56 Å². The van der Waals surface area contributed by atoms with Crippen LogP contribution in [0.3, 0.4) is 0 Å². The molecule has 118 valence electrons. The summed E-state index contributed by atoms with van der Waals surface area (Å²) in [6, 6.07) is 12.0. The molecule has 2 aromatic rings. The second-order valence-electron chi connectivity index (χ2n) is 4.63. The Labute approximate surface area is 134 Å². The number of aliphatic carboxylic acids is 1. The number of benzene rings is 2. The number of carboxylic acids is 1. The van der Waals surface area contributed by atoms with Crippen molar-refractivity contribution in [2.24, 2.45) is 0 Å². The summed E-state index contributed by atoms with van der Waals surface area (Å²) in [4.78, 5) is 11.7. The normalized spacial score (nSPS) is 11.0. The highest BCUT2D eigenvalue weighted by molar-refractivity contribution is 7.99. The summed E-state index contributed by atoms with van der Waals surface area (Å²) < 4.78 is 39.2. The van der Waals surface area contributed by atoms with Crippen LogP contribution in [0.2, 0.25) is 0 Å². The fourth-order valence-corrected chi connectivity index (χ4v) is 2.79. The Kier molecular flexibility index (Phi) is 4.96. The summed E-state index contributed by atoms with van der Waals surface area (Å²) in [5.74, 6) is -1.32. The maximum absolute atomic E-state index is 13.1. The van der Waals surface area contributed by atoms with Crippen molar-refractivity contribution >= 4 is 17.7 Å². The smallest absolute Gasteiger partial charge is 0.416 e. The molecule has 0 bridgehead atoms. The van der Waals surface area contributed by atoms with Crippen molar-refractivity contribution in [3.63, 3.8) is 0 Å². The first-order valence-corrected chi connectivity index (χ1v) is 7.21. The third kappa shape index (κ3) is 4.50. The van der Waals surface area contributed by atoms with Crippen LogP contribution in [-0.2, 0) is 17.4 Å². The van der Waals surface area contributed by atoms with Gasteiger partial charge in [-0.25, -0.2) is 0 Å². The zero-order chi connectivity index (χ0) is 17.0. The van der Waals surface area contributed by atoms with Gasteiger partial charge in [-0.2, -0.15) is 18.4 Å². The molecule has 0 aliphatic heterocycles. The number of rotatable bonds is 4. The number of carbonyl (C=O) groups is 1. The van der Waals surface area contributed by atoms with Crippen molar-refractivity contribution in [2.45, 2.75) is 22.4 Å². The molecule has 0 aliphatic carbocycles. The molecular weight excluding hydrogens is 327 g/mol. The number of nitriles is 1. The van der Waals surface area contributed by atoms with Crippen molar-refractivity contribution in [2.75, 3.05) is 0 Å². The summed E-state index contributed by atoms with van der Waals surface area (Å²) in [5.41, 5.74) is -0.755. The van der Waals surface area contributed by atoms with Gasteiger partial charge < -0.3 is 5.11 Å². The maximum atomic E-state index is 13.1. The van der Waals surface area contributed by atoms with Gasteiger partial charge in [0.05, 0.1) is 23.6 Å². The van der Waals surface area contributed by atoms with E-state index < -0.39 is 24.1 Å². The standard InChI is InChI=1S/C16H10F3NO2S/c17-16(18,19)14-8-13(6-3-11(14)7-15(21)22)23-12-4-1-10(9-20)2-5-12/h1-6,8H,7H2,(H,21,22). The molecule has 0 atom stereocenters. The molecule has 0 saturated heterocycles. The number of hydrogen-bond donors (Lipinski definition) is 1. The Bertz CT molecular complexity index is 764. The minimum atomic E-state index is -4.62. The van der Waals surface area contributed by atoms with E-state index in [1.54, 1.807) is 24.3 Å². The number of halogens is 3. The van der Waals surface area contributed by atoms with E-state index in [0.29, 0.717) is 15.4 Å². The summed E-state index contributed by atoms with van der Waals surface area (Å²) >= 11 is 1.11. The lowest BCUT2D eigenvalue weighted by atomic mass is 10.0. The SMILES string of the molecule is N#Cc1ccc(Sc2ccc(CC(=O)O)c(C(F)(F)F)c2)cc1. The highest BCUT2D eigenvalue weighted by Crippen LogP contribution is 2.37. The highest BCUT2D eigenvalue weighted by Gasteiger charge is 2.34. The van der Waals surface area contributed by atoms with Gasteiger partial charge in [-0.1, -0.05) is 17.8 Å². The van der Waals surface area contributed by atoms with Crippen LogP contribution in [0, 0.1) is 11.3 Å². The minimum Gasteiger partial charge on any atom is -0.481 e. The van der Waals surface area contributed by atoms with Gasteiger partial charge in [0.1, 0.15) is 0 Å². The molecule has 0 fully saturated rings. The molecule has 0 saturated carbocycles. The summed E-state index contributed by atoms with van der Waals surface area (Å²) in [5, 5.41) is 17.4. The third-order valence-corrected chi connectivity index (χ3v) is 3.95.